The van der Waals surface area contributed by atoms with E-state index in [2.05, 4.69) is 5.16 Å². The van der Waals surface area contributed by atoms with Gasteiger partial charge in [-0.05, 0) is 55.7 Å². The van der Waals surface area contributed by atoms with Gasteiger partial charge in [-0.15, -0.1) is 0 Å². The number of benzene rings is 2. The molecule has 0 aromatic heterocycles. The average molecular weight is 591 g/mol. The first-order valence-electron chi connectivity index (χ1n) is 15.0. The Morgan fingerprint density at radius 1 is 0.953 bits per heavy atom. The van der Waals surface area contributed by atoms with E-state index < -0.39 is 42.2 Å². The number of fused-ring (bicyclic) bond motifs is 3. The lowest BCUT2D eigenvalue weighted by Crippen LogP contribution is -2.54. The van der Waals surface area contributed by atoms with E-state index >= 15 is 0 Å². The number of ether oxygens (including phenoxy) is 3. The molecule has 2 aliphatic heterocycles. The fraction of sp³-hybridized carbons (Fsp3) is 0.485. The van der Waals surface area contributed by atoms with Gasteiger partial charge in [-0.3, -0.25) is 14.5 Å². The molecule has 10 nitrogen and oxygen atoms in total. The number of imide groups is 1. The third-order valence-electron chi connectivity index (χ3n) is 9.23. The summed E-state index contributed by atoms with van der Waals surface area (Å²) in [5, 5.41) is 26.2. The van der Waals surface area contributed by atoms with E-state index in [1.165, 1.54) is 4.90 Å². The fourth-order valence-electron chi connectivity index (χ4n) is 7.08. The van der Waals surface area contributed by atoms with Crippen LogP contribution in [0.1, 0.15) is 37.9 Å². The van der Waals surface area contributed by atoms with Gasteiger partial charge in [-0.2, -0.15) is 0 Å². The summed E-state index contributed by atoms with van der Waals surface area (Å²) in [5.74, 6) is -1.09. The number of carbonyl (C=O) groups is 2. The smallest absolute Gasteiger partial charge is 0.233 e. The van der Waals surface area contributed by atoms with Gasteiger partial charge in [0.05, 0.1) is 36.9 Å². The van der Waals surface area contributed by atoms with Crippen molar-refractivity contribution in [2.75, 3.05) is 20.3 Å². The molecule has 10 heteroatoms. The van der Waals surface area contributed by atoms with E-state index in [0.29, 0.717) is 30.8 Å². The number of amides is 2. The lowest BCUT2D eigenvalue weighted by molar-refractivity contribution is -0.141. The Morgan fingerprint density at radius 3 is 2.40 bits per heavy atom. The Hall–Kier alpha value is -3.73. The minimum atomic E-state index is -1.12. The summed E-state index contributed by atoms with van der Waals surface area (Å²) in [6, 6.07) is 17.2. The van der Waals surface area contributed by atoms with E-state index in [1.807, 2.05) is 66.7 Å². The van der Waals surface area contributed by atoms with Gasteiger partial charge in [0.2, 0.25) is 11.8 Å². The second-order valence-corrected chi connectivity index (χ2v) is 11.6. The number of hydrogen-bond donors (Lipinski definition) is 2. The Labute approximate surface area is 250 Å². The quantitative estimate of drug-likeness (QED) is 0.273. The van der Waals surface area contributed by atoms with Gasteiger partial charge in [0.25, 0.3) is 0 Å². The fourth-order valence-corrected chi connectivity index (χ4v) is 7.08. The molecule has 0 spiro atoms. The summed E-state index contributed by atoms with van der Waals surface area (Å²) in [4.78, 5) is 33.2. The molecule has 2 aromatic carbocycles. The Kier molecular flexibility index (Phi) is 8.52. The number of likely N-dealkylation sites (tertiary alicyclic amines) is 1. The van der Waals surface area contributed by atoms with Crippen molar-refractivity contribution >= 4 is 17.5 Å². The first-order chi connectivity index (χ1) is 20.9. The van der Waals surface area contributed by atoms with Gasteiger partial charge in [-0.25, -0.2) is 0 Å². The van der Waals surface area contributed by atoms with Crippen LogP contribution in [0.25, 0.3) is 0 Å². The van der Waals surface area contributed by atoms with Crippen molar-refractivity contribution in [3.8, 4) is 11.5 Å². The number of aliphatic hydroxyl groups is 2. The molecule has 2 aliphatic carbocycles. The number of methoxy groups -OCH3 is 1. The molecule has 0 bridgehead atoms. The van der Waals surface area contributed by atoms with Gasteiger partial charge in [0, 0.05) is 24.8 Å². The predicted octanol–water partition coefficient (Wildman–Crippen LogP) is 3.28. The molecule has 1 saturated heterocycles. The summed E-state index contributed by atoms with van der Waals surface area (Å²) in [6.07, 6.45) is 1.67. The maximum absolute atomic E-state index is 13.2. The first-order valence-corrected chi connectivity index (χ1v) is 15.0. The van der Waals surface area contributed by atoms with Crippen LogP contribution in [0, 0.1) is 23.7 Å². The van der Waals surface area contributed by atoms with Crippen LogP contribution in [-0.4, -0.2) is 77.3 Å². The van der Waals surface area contributed by atoms with Crippen molar-refractivity contribution in [3.63, 3.8) is 0 Å². The molecule has 4 aliphatic rings. The topological polar surface area (TPSA) is 127 Å². The van der Waals surface area contributed by atoms with Crippen LogP contribution < -0.4 is 9.47 Å². The second kappa shape index (κ2) is 12.5. The molecule has 3 fully saturated rings. The van der Waals surface area contributed by atoms with E-state index in [1.54, 1.807) is 14.0 Å². The van der Waals surface area contributed by atoms with Crippen molar-refractivity contribution in [2.45, 2.75) is 56.7 Å². The molecule has 2 aromatic rings. The van der Waals surface area contributed by atoms with Crippen molar-refractivity contribution in [1.82, 2.24) is 4.90 Å². The summed E-state index contributed by atoms with van der Waals surface area (Å²) in [6.45, 7) is 2.14. The second-order valence-electron chi connectivity index (χ2n) is 11.6. The molecule has 2 amide bonds. The van der Waals surface area contributed by atoms with Gasteiger partial charge in [-0.1, -0.05) is 41.6 Å². The molecular weight excluding hydrogens is 552 g/mol. The normalized spacial score (nSPS) is 34.6. The Balaban J connectivity index is 1.20. The van der Waals surface area contributed by atoms with Crippen LogP contribution in [0.15, 0.2) is 71.9 Å². The van der Waals surface area contributed by atoms with Gasteiger partial charge >= 0.3 is 0 Å². The van der Waals surface area contributed by atoms with Crippen molar-refractivity contribution in [1.29, 1.82) is 0 Å². The van der Waals surface area contributed by atoms with Gasteiger partial charge < -0.3 is 29.3 Å². The minimum absolute atomic E-state index is 0.0705. The lowest BCUT2D eigenvalue weighted by atomic mass is 9.60. The molecule has 43 heavy (non-hydrogen) atoms. The number of oxime groups is 1. The first kappa shape index (κ1) is 29.3. The highest BCUT2D eigenvalue weighted by atomic mass is 16.6. The lowest BCUT2D eigenvalue weighted by Gasteiger charge is -2.45. The Morgan fingerprint density at radius 2 is 1.67 bits per heavy atom. The van der Waals surface area contributed by atoms with Crippen LogP contribution in [0.4, 0.5) is 0 Å². The average Bonchev–Trinajstić information content (AvgIpc) is 3.29. The third kappa shape index (κ3) is 5.67. The van der Waals surface area contributed by atoms with Crippen molar-refractivity contribution < 1.29 is 38.9 Å². The molecule has 228 valence electrons. The molecule has 9 atom stereocenters. The number of hydrogen-bond acceptors (Lipinski definition) is 9. The zero-order chi connectivity index (χ0) is 30.1. The van der Waals surface area contributed by atoms with Crippen LogP contribution >= 0.6 is 0 Å². The SMILES string of the molecule is CCN1C(=O)[C@H]2[C@H]3[C@H](O)[C@H](O)C/C(=N\OC[C@H]4O[C@H](c5ccccc5)C=C[C@@H]4Oc4ccc(OC)cc4)[C@@H]3CC[C@H]2C1=O. The van der Waals surface area contributed by atoms with Crippen LogP contribution in [0.3, 0.4) is 0 Å². The monoisotopic (exact) mass is 590 g/mol. The molecular formula is C33H38N2O8. The van der Waals surface area contributed by atoms with E-state index in [-0.39, 0.29) is 36.9 Å². The summed E-state index contributed by atoms with van der Waals surface area (Å²) in [5.41, 5.74) is 1.59. The molecule has 2 N–H and O–H groups in total. The van der Waals surface area contributed by atoms with Crippen molar-refractivity contribution in [3.05, 3.63) is 72.3 Å². The summed E-state index contributed by atoms with van der Waals surface area (Å²) < 4.78 is 17.9. The van der Waals surface area contributed by atoms with Crippen LogP contribution in [-0.2, 0) is 19.2 Å². The molecule has 2 saturated carbocycles. The highest BCUT2D eigenvalue weighted by Gasteiger charge is 2.59. The van der Waals surface area contributed by atoms with Crippen LogP contribution in [0.5, 0.6) is 11.5 Å². The summed E-state index contributed by atoms with van der Waals surface area (Å²) in [7, 11) is 1.61. The molecule has 2 heterocycles. The Bertz CT molecular complexity index is 1360. The zero-order valence-corrected chi connectivity index (χ0v) is 24.3. The number of nitrogens with zero attached hydrogens (tertiary/aromatic N) is 2. The van der Waals surface area contributed by atoms with E-state index in [4.69, 9.17) is 19.0 Å². The molecule has 0 unspecified atom stereocenters. The van der Waals surface area contributed by atoms with E-state index in [0.717, 1.165) is 11.3 Å². The highest BCUT2D eigenvalue weighted by Crippen LogP contribution is 2.49. The van der Waals surface area contributed by atoms with Crippen LogP contribution in [0.2, 0.25) is 0 Å². The standard InChI is InChI=1S/C33H38N2O8/c1-3-35-32(38)23-14-13-22-24(17-25(36)31(37)29(22)30(23)33(35)39)34-41-18-28-27(42-21-11-9-20(40-2)10-12-21)16-15-26(43-28)19-7-5-4-6-8-19/h4-12,15-16,22-23,25-31,36-37H,3,13-14,17-18H2,1-2H3/b34-24+/t22-,23+,25+,26-,27-,28+,29-,30+,31+/m0/s1. The zero-order valence-electron chi connectivity index (χ0n) is 24.3. The number of aliphatic hydroxyl groups excluding tert-OH is 2. The predicted molar refractivity (Wildman–Crippen MR) is 156 cm³/mol. The van der Waals surface area contributed by atoms with E-state index in [9.17, 15) is 19.8 Å². The highest BCUT2D eigenvalue weighted by molar-refractivity contribution is 6.06. The number of carbonyl (C=O) groups excluding carboxylic acids is 2. The number of rotatable bonds is 8. The maximum atomic E-state index is 13.2. The third-order valence-corrected chi connectivity index (χ3v) is 9.23. The summed E-state index contributed by atoms with van der Waals surface area (Å²) >= 11 is 0. The largest absolute Gasteiger partial charge is 0.497 e. The molecule has 6 rings (SSSR count). The van der Waals surface area contributed by atoms with Crippen molar-refractivity contribution in [2.24, 2.45) is 28.8 Å². The minimum Gasteiger partial charge on any atom is -0.497 e. The van der Waals surface area contributed by atoms with Gasteiger partial charge in [0.1, 0.15) is 36.4 Å². The van der Waals surface area contributed by atoms with Gasteiger partial charge in [0.15, 0.2) is 0 Å². The molecule has 0 radical (unpaired) electrons. The maximum Gasteiger partial charge on any atom is 0.233 e.